The number of hydrogen-bond donors (Lipinski definition) is 2. The third-order valence-electron chi connectivity index (χ3n) is 1.71. The molecule has 1 rings (SSSR count). The number of halogens is 1. The molecule has 1 aromatic rings. The number of H-pyrrole nitrogens is 1. The maximum Gasteiger partial charge on any atom is 0.267 e. The molecule has 0 saturated heterocycles. The predicted molar refractivity (Wildman–Crippen MR) is 53.9 cm³/mol. The number of carbonyl (C=O) groups excluding carboxylic acids is 2. The molecule has 0 saturated carbocycles. The third kappa shape index (κ3) is 2.60. The number of rotatable bonds is 4. The minimum Gasteiger partial charge on any atom is -0.356 e. The molecule has 14 heavy (non-hydrogen) atoms. The van der Waals surface area contributed by atoms with Crippen molar-refractivity contribution in [1.82, 2.24) is 10.3 Å². The van der Waals surface area contributed by atoms with Gasteiger partial charge in [-0.15, -0.1) is 11.6 Å². The van der Waals surface area contributed by atoms with Crippen LogP contribution in [0.2, 0.25) is 0 Å². The molecule has 2 N–H and O–H groups in total. The van der Waals surface area contributed by atoms with E-state index in [0.29, 0.717) is 23.7 Å². The van der Waals surface area contributed by atoms with Crippen molar-refractivity contribution in [2.45, 2.75) is 6.92 Å². The van der Waals surface area contributed by atoms with Crippen LogP contribution in [0.25, 0.3) is 0 Å². The van der Waals surface area contributed by atoms with Gasteiger partial charge in [-0.3, -0.25) is 9.59 Å². The monoisotopic (exact) mass is 214 g/mol. The van der Waals surface area contributed by atoms with Gasteiger partial charge in [0, 0.05) is 24.2 Å². The number of hydrogen-bond acceptors (Lipinski definition) is 2. The van der Waals surface area contributed by atoms with Crippen molar-refractivity contribution in [3.05, 3.63) is 23.5 Å². The predicted octanol–water partition coefficient (Wildman–Crippen LogP) is 1.19. The number of amides is 1. The second kappa shape index (κ2) is 4.81. The zero-order valence-electron chi connectivity index (χ0n) is 7.76. The number of carbonyl (C=O) groups is 2. The topological polar surface area (TPSA) is 62.0 Å². The van der Waals surface area contributed by atoms with Gasteiger partial charge in [0.2, 0.25) is 0 Å². The van der Waals surface area contributed by atoms with Crippen molar-refractivity contribution < 1.29 is 9.59 Å². The molecule has 0 unspecified atom stereocenters. The standard InChI is InChI=1S/C9H11ClN2O2/c1-6(13)7-4-8(12-5-7)9(14)11-3-2-10/h4-5,12H,2-3H2,1H3,(H,11,14). The van der Waals surface area contributed by atoms with E-state index in [9.17, 15) is 9.59 Å². The number of aromatic amines is 1. The Morgan fingerprint density at radius 1 is 1.57 bits per heavy atom. The number of Topliss-reactive ketones (excluding diaryl/α,β-unsaturated/α-hetero) is 1. The molecule has 0 radical (unpaired) electrons. The zero-order valence-corrected chi connectivity index (χ0v) is 8.52. The summed E-state index contributed by atoms with van der Waals surface area (Å²) in [4.78, 5) is 25.0. The number of ketones is 1. The molecule has 0 spiro atoms. The molecule has 0 aliphatic heterocycles. The molecule has 0 aromatic carbocycles. The molecule has 0 bridgehead atoms. The molecular weight excluding hydrogens is 204 g/mol. The van der Waals surface area contributed by atoms with Gasteiger partial charge in [-0.05, 0) is 13.0 Å². The molecule has 5 heteroatoms. The van der Waals surface area contributed by atoms with Crippen molar-refractivity contribution in [3.8, 4) is 0 Å². The van der Waals surface area contributed by atoms with Gasteiger partial charge in [0.15, 0.2) is 5.78 Å². The fourth-order valence-corrected chi connectivity index (χ4v) is 1.08. The Morgan fingerprint density at radius 3 is 2.79 bits per heavy atom. The third-order valence-corrected chi connectivity index (χ3v) is 1.90. The summed E-state index contributed by atoms with van der Waals surface area (Å²) in [6.45, 7) is 1.86. The van der Waals surface area contributed by atoms with Crippen LogP contribution in [0, 0.1) is 0 Å². The Bertz CT molecular complexity index is 346. The van der Waals surface area contributed by atoms with Crippen LogP contribution in [-0.2, 0) is 0 Å². The average Bonchev–Trinajstić information content (AvgIpc) is 2.62. The van der Waals surface area contributed by atoms with Crippen LogP contribution in [0.4, 0.5) is 0 Å². The molecule has 0 atom stereocenters. The smallest absolute Gasteiger partial charge is 0.267 e. The zero-order chi connectivity index (χ0) is 10.6. The lowest BCUT2D eigenvalue weighted by molar-refractivity contribution is 0.0951. The van der Waals surface area contributed by atoms with Gasteiger partial charge in [-0.1, -0.05) is 0 Å². The average molecular weight is 215 g/mol. The summed E-state index contributed by atoms with van der Waals surface area (Å²) in [6.07, 6.45) is 1.51. The van der Waals surface area contributed by atoms with E-state index < -0.39 is 0 Å². The van der Waals surface area contributed by atoms with E-state index in [2.05, 4.69) is 10.3 Å². The lowest BCUT2D eigenvalue weighted by Gasteiger charge is -1.98. The van der Waals surface area contributed by atoms with Crippen molar-refractivity contribution >= 4 is 23.3 Å². The normalized spacial score (nSPS) is 9.86. The summed E-state index contributed by atoms with van der Waals surface area (Å²) < 4.78 is 0. The number of nitrogens with one attached hydrogen (secondary N) is 2. The van der Waals surface area contributed by atoms with Crippen molar-refractivity contribution in [2.75, 3.05) is 12.4 Å². The highest BCUT2D eigenvalue weighted by Gasteiger charge is 2.09. The molecule has 1 heterocycles. The minimum atomic E-state index is -0.252. The largest absolute Gasteiger partial charge is 0.356 e. The first-order chi connectivity index (χ1) is 6.65. The van der Waals surface area contributed by atoms with E-state index >= 15 is 0 Å². The lowest BCUT2D eigenvalue weighted by atomic mass is 10.2. The van der Waals surface area contributed by atoms with Crippen molar-refractivity contribution in [2.24, 2.45) is 0 Å². The second-order valence-electron chi connectivity index (χ2n) is 2.80. The fraction of sp³-hybridized carbons (Fsp3) is 0.333. The highest BCUT2D eigenvalue weighted by molar-refractivity contribution is 6.18. The summed E-state index contributed by atoms with van der Waals surface area (Å²) in [5.74, 6) is 0.0437. The Kier molecular flexibility index (Phi) is 3.71. The number of aromatic nitrogens is 1. The molecule has 4 nitrogen and oxygen atoms in total. The maximum absolute atomic E-state index is 11.3. The molecule has 76 valence electrons. The van der Waals surface area contributed by atoms with Crippen LogP contribution < -0.4 is 5.32 Å². The Balaban J connectivity index is 2.66. The second-order valence-corrected chi connectivity index (χ2v) is 3.18. The highest BCUT2D eigenvalue weighted by atomic mass is 35.5. The minimum absolute atomic E-state index is 0.0716. The Morgan fingerprint density at radius 2 is 2.29 bits per heavy atom. The summed E-state index contributed by atoms with van der Waals surface area (Å²) >= 11 is 5.41. The van der Waals surface area contributed by atoms with Gasteiger partial charge in [0.25, 0.3) is 5.91 Å². The molecule has 1 aromatic heterocycles. The SMILES string of the molecule is CC(=O)c1c[nH]c(C(=O)NCCCl)c1. The molecule has 0 aliphatic rings. The van der Waals surface area contributed by atoms with Gasteiger partial charge in [0.05, 0.1) is 0 Å². The van der Waals surface area contributed by atoms with Gasteiger partial charge in [-0.2, -0.15) is 0 Å². The van der Waals surface area contributed by atoms with E-state index in [1.165, 1.54) is 19.2 Å². The van der Waals surface area contributed by atoms with Gasteiger partial charge in [-0.25, -0.2) is 0 Å². The van der Waals surface area contributed by atoms with Crippen molar-refractivity contribution in [1.29, 1.82) is 0 Å². The highest BCUT2D eigenvalue weighted by Crippen LogP contribution is 2.03. The van der Waals surface area contributed by atoms with Crippen molar-refractivity contribution in [3.63, 3.8) is 0 Å². The van der Waals surface area contributed by atoms with Crippen LogP contribution >= 0.6 is 11.6 Å². The van der Waals surface area contributed by atoms with E-state index in [1.807, 2.05) is 0 Å². The molecular formula is C9H11ClN2O2. The van der Waals surface area contributed by atoms with E-state index in [4.69, 9.17) is 11.6 Å². The first kappa shape index (κ1) is 10.8. The summed E-state index contributed by atoms with van der Waals surface area (Å²) in [6, 6.07) is 1.52. The summed E-state index contributed by atoms with van der Waals surface area (Å²) in [5.41, 5.74) is 0.876. The van der Waals surface area contributed by atoms with Crippen LogP contribution in [0.15, 0.2) is 12.3 Å². The fourth-order valence-electron chi connectivity index (χ4n) is 0.985. The van der Waals surface area contributed by atoms with Gasteiger partial charge < -0.3 is 10.3 Å². The van der Waals surface area contributed by atoms with Gasteiger partial charge >= 0.3 is 0 Å². The number of alkyl halides is 1. The van der Waals surface area contributed by atoms with Gasteiger partial charge in [0.1, 0.15) is 5.69 Å². The van der Waals surface area contributed by atoms with Crippen LogP contribution in [-0.4, -0.2) is 29.1 Å². The lowest BCUT2D eigenvalue weighted by Crippen LogP contribution is -2.25. The first-order valence-electron chi connectivity index (χ1n) is 4.18. The van der Waals surface area contributed by atoms with E-state index in [0.717, 1.165) is 0 Å². The summed E-state index contributed by atoms with van der Waals surface area (Å²) in [7, 11) is 0. The maximum atomic E-state index is 11.3. The van der Waals surface area contributed by atoms with E-state index in [-0.39, 0.29) is 11.7 Å². The first-order valence-corrected chi connectivity index (χ1v) is 4.72. The van der Waals surface area contributed by atoms with E-state index in [1.54, 1.807) is 0 Å². The quantitative estimate of drug-likeness (QED) is 0.584. The van der Waals surface area contributed by atoms with Crippen LogP contribution in [0.1, 0.15) is 27.8 Å². The molecule has 0 fully saturated rings. The Labute approximate surface area is 86.6 Å². The molecule has 1 amide bonds. The summed E-state index contributed by atoms with van der Waals surface area (Å²) in [5, 5.41) is 2.59. The van der Waals surface area contributed by atoms with Crippen LogP contribution in [0.5, 0.6) is 0 Å². The molecule has 0 aliphatic carbocycles. The Hall–Kier alpha value is -1.29. The van der Waals surface area contributed by atoms with Crippen LogP contribution in [0.3, 0.4) is 0 Å².